The van der Waals surface area contributed by atoms with E-state index in [1.807, 2.05) is 6.07 Å². The maximum Gasteiger partial charge on any atom is 0.433 e. The number of amides is 3. The molecule has 0 spiro atoms. The number of nitrogens with zero attached hydrogens (tertiary/aromatic N) is 8. The third kappa shape index (κ3) is 5.35. The van der Waals surface area contributed by atoms with Crippen molar-refractivity contribution in [2.24, 2.45) is 0 Å². The zero-order valence-electron chi connectivity index (χ0n) is 23.0. The normalized spacial score (nSPS) is 17.5. The summed E-state index contributed by atoms with van der Waals surface area (Å²) in [5.41, 5.74) is 6.99. The summed E-state index contributed by atoms with van der Waals surface area (Å²) in [5.74, 6) is 0.308. The Hall–Kier alpha value is -5.01. The molecule has 0 aliphatic carbocycles. The number of pyridine rings is 3. The van der Waals surface area contributed by atoms with E-state index in [2.05, 4.69) is 26.5 Å². The Kier molecular flexibility index (Phi) is 7.20. The summed E-state index contributed by atoms with van der Waals surface area (Å²) in [4.78, 5) is 47.4. The number of hydrogen-bond acceptors (Lipinski definition) is 7. The molecule has 11 nitrogen and oxygen atoms in total. The highest BCUT2D eigenvalue weighted by atomic mass is 19.4. The molecule has 1 unspecified atom stereocenters. The van der Waals surface area contributed by atoms with Crippen molar-refractivity contribution in [2.45, 2.75) is 18.5 Å². The third-order valence-electron chi connectivity index (χ3n) is 7.82. The molecule has 0 saturated carbocycles. The number of carbonyl (C=O) groups excluding carboxylic acids is 2. The Morgan fingerprint density at radius 1 is 0.953 bits per heavy atom. The van der Waals surface area contributed by atoms with Crippen LogP contribution in [0.15, 0.2) is 61.4 Å². The van der Waals surface area contributed by atoms with Crippen molar-refractivity contribution in [3.63, 3.8) is 0 Å². The number of fused-ring (bicyclic) bond motifs is 1. The van der Waals surface area contributed by atoms with E-state index in [-0.39, 0.29) is 40.7 Å². The predicted octanol–water partition coefficient (Wildman–Crippen LogP) is 3.72. The van der Waals surface area contributed by atoms with Crippen LogP contribution in [0.2, 0.25) is 0 Å². The number of carbonyl (C=O) groups is 2. The average Bonchev–Trinajstić information content (AvgIpc) is 3.66. The third-order valence-corrected chi connectivity index (χ3v) is 7.82. The number of nitrogen functional groups attached to an aromatic ring is 1. The second-order valence-corrected chi connectivity index (χ2v) is 10.4. The lowest BCUT2D eigenvalue weighted by Gasteiger charge is -2.36. The first-order valence-electron chi connectivity index (χ1n) is 13.7. The van der Waals surface area contributed by atoms with Gasteiger partial charge in [-0.15, -0.1) is 0 Å². The topological polar surface area (TPSA) is 126 Å². The zero-order chi connectivity index (χ0) is 30.3. The van der Waals surface area contributed by atoms with E-state index >= 15 is 0 Å². The maximum absolute atomic E-state index is 13.6. The lowest BCUT2D eigenvalue weighted by atomic mass is 10.0. The fourth-order valence-electron chi connectivity index (χ4n) is 5.54. The van der Waals surface area contributed by atoms with Crippen LogP contribution in [-0.2, 0) is 11.0 Å². The Labute approximate surface area is 244 Å². The summed E-state index contributed by atoms with van der Waals surface area (Å²) in [5, 5.41) is 0. The van der Waals surface area contributed by atoms with Crippen molar-refractivity contribution in [1.82, 2.24) is 39.2 Å². The molecule has 2 fully saturated rings. The molecule has 2 aliphatic heterocycles. The van der Waals surface area contributed by atoms with Gasteiger partial charge in [-0.3, -0.25) is 14.3 Å². The minimum atomic E-state index is -4.64. The van der Waals surface area contributed by atoms with E-state index in [0.29, 0.717) is 50.5 Å². The smallest absolute Gasteiger partial charge is 0.383 e. The van der Waals surface area contributed by atoms with E-state index in [1.165, 1.54) is 22.9 Å². The van der Waals surface area contributed by atoms with Gasteiger partial charge >= 0.3 is 12.2 Å². The summed E-state index contributed by atoms with van der Waals surface area (Å²) in [6, 6.07) is 9.02. The summed E-state index contributed by atoms with van der Waals surface area (Å²) in [7, 11) is 0. The molecule has 2 saturated heterocycles. The standard InChI is InChI=1S/C29H28F3N9O2/c1-2-24(42)38-12-14-39(15-13-38)28(43)40-11-9-18(17-40)21-6-5-19(16-35-21)41-26(20-4-3-10-34-25(20)33)36-22-7-8-23(29(30,31)32)37-27(22)41/h2-8,10,16,18H,1,9,11-15,17H2,(H2,33,34). The molecular weight excluding hydrogens is 563 g/mol. The quantitative estimate of drug-likeness (QED) is 0.359. The van der Waals surface area contributed by atoms with E-state index in [4.69, 9.17) is 5.73 Å². The number of rotatable bonds is 4. The molecule has 6 heterocycles. The largest absolute Gasteiger partial charge is 0.433 e. The molecule has 2 aliphatic rings. The first-order chi connectivity index (χ1) is 20.6. The fraction of sp³-hybridized carbons (Fsp3) is 0.310. The van der Waals surface area contributed by atoms with Crippen molar-refractivity contribution in [3.8, 4) is 17.1 Å². The second-order valence-electron chi connectivity index (χ2n) is 10.4. The van der Waals surface area contributed by atoms with Crippen molar-refractivity contribution < 1.29 is 22.8 Å². The summed E-state index contributed by atoms with van der Waals surface area (Å²) in [6.45, 7) is 6.41. The van der Waals surface area contributed by atoms with Gasteiger partial charge in [0, 0.05) is 57.1 Å². The highest BCUT2D eigenvalue weighted by Crippen LogP contribution is 2.34. The Morgan fingerprint density at radius 3 is 2.40 bits per heavy atom. The molecule has 0 bridgehead atoms. The SMILES string of the molecule is C=CC(=O)N1CCN(C(=O)N2CCC(c3ccc(-n4c(-c5cccnc5N)nc5ccc(C(F)(F)F)nc54)cn3)C2)CC1. The molecule has 4 aromatic heterocycles. The van der Waals surface area contributed by atoms with Gasteiger partial charge in [0.25, 0.3) is 0 Å². The highest BCUT2D eigenvalue weighted by molar-refractivity contribution is 5.87. The van der Waals surface area contributed by atoms with Crippen LogP contribution < -0.4 is 5.73 Å². The number of likely N-dealkylation sites (tertiary alicyclic amines) is 1. The van der Waals surface area contributed by atoms with Gasteiger partial charge in [0.2, 0.25) is 5.91 Å². The van der Waals surface area contributed by atoms with Crippen molar-refractivity contribution in [3.05, 3.63) is 72.8 Å². The van der Waals surface area contributed by atoms with Crippen molar-refractivity contribution >= 4 is 28.9 Å². The van der Waals surface area contributed by atoms with E-state index in [0.717, 1.165) is 18.2 Å². The lowest BCUT2D eigenvalue weighted by Crippen LogP contribution is -2.53. The molecule has 0 radical (unpaired) electrons. The minimum Gasteiger partial charge on any atom is -0.383 e. The van der Waals surface area contributed by atoms with Crippen LogP contribution in [0.25, 0.3) is 28.2 Å². The number of anilines is 1. The molecule has 2 N–H and O–H groups in total. The van der Waals surface area contributed by atoms with Gasteiger partial charge in [-0.1, -0.05) is 6.58 Å². The Morgan fingerprint density at radius 2 is 1.72 bits per heavy atom. The Balaban J connectivity index is 1.25. The molecule has 0 aromatic carbocycles. The number of hydrogen-bond donors (Lipinski definition) is 1. The van der Waals surface area contributed by atoms with Crippen molar-refractivity contribution in [1.29, 1.82) is 0 Å². The number of urea groups is 1. The van der Waals surface area contributed by atoms with Gasteiger partial charge in [0.05, 0.1) is 17.4 Å². The number of halogens is 3. The van der Waals surface area contributed by atoms with Crippen LogP contribution >= 0.6 is 0 Å². The van der Waals surface area contributed by atoms with Gasteiger partial charge in [-0.05, 0) is 48.9 Å². The molecule has 6 rings (SSSR count). The molecule has 3 amide bonds. The van der Waals surface area contributed by atoms with Crippen LogP contribution in [0.3, 0.4) is 0 Å². The maximum atomic E-state index is 13.6. The van der Waals surface area contributed by atoms with E-state index < -0.39 is 11.9 Å². The predicted molar refractivity (Wildman–Crippen MR) is 152 cm³/mol. The zero-order valence-corrected chi connectivity index (χ0v) is 23.0. The van der Waals surface area contributed by atoms with Crippen LogP contribution in [0, 0.1) is 0 Å². The Bertz CT molecular complexity index is 1700. The molecule has 1 atom stereocenters. The highest BCUT2D eigenvalue weighted by Gasteiger charge is 2.34. The van der Waals surface area contributed by atoms with Crippen LogP contribution in [-0.4, -0.2) is 90.4 Å². The first kappa shape index (κ1) is 28.1. The average molecular weight is 592 g/mol. The molecule has 4 aromatic rings. The molecule has 222 valence electrons. The van der Waals surface area contributed by atoms with Crippen LogP contribution in [0.1, 0.15) is 23.7 Å². The van der Waals surface area contributed by atoms with Gasteiger partial charge < -0.3 is 20.4 Å². The number of alkyl halides is 3. The van der Waals surface area contributed by atoms with Crippen molar-refractivity contribution in [2.75, 3.05) is 45.0 Å². The number of piperazine rings is 1. The second kappa shape index (κ2) is 11.0. The fourth-order valence-corrected chi connectivity index (χ4v) is 5.54. The van der Waals surface area contributed by atoms with Crippen LogP contribution in [0.5, 0.6) is 0 Å². The number of aromatic nitrogens is 5. The van der Waals surface area contributed by atoms with Gasteiger partial charge in [-0.25, -0.2) is 19.7 Å². The van der Waals surface area contributed by atoms with Gasteiger partial charge in [0.1, 0.15) is 17.0 Å². The monoisotopic (exact) mass is 591 g/mol. The van der Waals surface area contributed by atoms with Crippen LogP contribution in [0.4, 0.5) is 23.8 Å². The minimum absolute atomic E-state index is 0.00940. The molecule has 43 heavy (non-hydrogen) atoms. The number of nitrogens with two attached hydrogens (primary N) is 1. The summed E-state index contributed by atoms with van der Waals surface area (Å²) in [6.07, 6.45) is 0.439. The van der Waals surface area contributed by atoms with E-state index in [9.17, 15) is 22.8 Å². The molecule has 14 heteroatoms. The van der Waals surface area contributed by atoms with Gasteiger partial charge in [0.15, 0.2) is 11.5 Å². The molecular formula is C29H28F3N9O2. The number of imidazole rings is 1. The summed E-state index contributed by atoms with van der Waals surface area (Å²) >= 11 is 0. The van der Waals surface area contributed by atoms with Gasteiger partial charge in [-0.2, -0.15) is 13.2 Å². The summed E-state index contributed by atoms with van der Waals surface area (Å²) < 4.78 is 42.2. The van der Waals surface area contributed by atoms with E-state index in [1.54, 1.807) is 39.1 Å². The first-order valence-corrected chi connectivity index (χ1v) is 13.7. The lowest BCUT2D eigenvalue weighted by molar-refractivity contribution is -0.141.